The van der Waals surface area contributed by atoms with Crippen LogP contribution in [0.1, 0.15) is 0 Å². The maximum Gasteiger partial charge on any atom is 0.213 e. The first-order valence-electron chi connectivity index (χ1n) is 3.39. The minimum atomic E-state index is -1.54. The summed E-state index contributed by atoms with van der Waals surface area (Å²) in [7, 11) is 1.30. The molecule has 0 N–H and O–H groups in total. The van der Waals surface area contributed by atoms with Crippen molar-refractivity contribution < 1.29 is 18.0 Å². The van der Waals surface area contributed by atoms with Gasteiger partial charge < -0.3 is 4.90 Å². The zero-order valence-electron chi connectivity index (χ0n) is 6.72. The van der Waals surface area contributed by atoms with Crippen LogP contribution in [0, 0.1) is 17.5 Å². The van der Waals surface area contributed by atoms with Crippen molar-refractivity contribution in [2.24, 2.45) is 0 Å². The van der Waals surface area contributed by atoms with Crippen molar-refractivity contribution in [3.05, 3.63) is 29.6 Å². The van der Waals surface area contributed by atoms with Crippen LogP contribution in [0.2, 0.25) is 0 Å². The van der Waals surface area contributed by atoms with E-state index < -0.39 is 17.5 Å². The van der Waals surface area contributed by atoms with E-state index in [1.165, 1.54) is 7.05 Å². The predicted molar refractivity (Wildman–Crippen MR) is 40.8 cm³/mol. The highest BCUT2D eigenvalue weighted by molar-refractivity contribution is 5.74. The lowest BCUT2D eigenvalue weighted by Gasteiger charge is -2.10. The molecule has 13 heavy (non-hydrogen) atoms. The number of rotatable bonds is 2. The molecule has 0 bridgehead atoms. The fourth-order valence-corrected chi connectivity index (χ4v) is 0.807. The Labute approximate surface area is 72.6 Å². The fraction of sp³-hybridized carbons (Fsp3) is 0.125. The van der Waals surface area contributed by atoms with E-state index in [0.717, 1.165) is 17.0 Å². The van der Waals surface area contributed by atoms with Crippen LogP contribution in [-0.2, 0) is 4.79 Å². The first-order valence-corrected chi connectivity index (χ1v) is 3.39. The minimum absolute atomic E-state index is 0.0357. The molecule has 1 aromatic rings. The summed E-state index contributed by atoms with van der Waals surface area (Å²) in [6.45, 7) is 0. The molecule has 0 atom stereocenters. The standard InChI is InChI=1S/C8H6F3NO/c1-12(4-13)5-2-6(9)8(11)7(10)3-5/h2-4H,1H3. The quantitative estimate of drug-likeness (QED) is 0.512. The Bertz CT molecular complexity index is 317. The first kappa shape index (κ1) is 9.57. The Hall–Kier alpha value is -1.52. The molecular weight excluding hydrogens is 183 g/mol. The van der Waals surface area contributed by atoms with Crippen molar-refractivity contribution in [3.8, 4) is 0 Å². The topological polar surface area (TPSA) is 20.3 Å². The maximum absolute atomic E-state index is 12.6. The molecule has 1 rings (SSSR count). The van der Waals surface area contributed by atoms with Crippen LogP contribution in [0.5, 0.6) is 0 Å². The number of carbonyl (C=O) groups is 1. The number of hydrogen-bond donors (Lipinski definition) is 0. The van der Waals surface area contributed by atoms with Gasteiger partial charge in [0.1, 0.15) is 0 Å². The molecule has 0 heterocycles. The SMILES string of the molecule is CN(C=O)c1cc(F)c(F)c(F)c1. The van der Waals surface area contributed by atoms with Crippen LogP contribution in [0.4, 0.5) is 18.9 Å². The molecule has 0 unspecified atom stereocenters. The molecule has 1 aromatic carbocycles. The molecule has 0 aromatic heterocycles. The van der Waals surface area contributed by atoms with Crippen molar-refractivity contribution in [3.63, 3.8) is 0 Å². The number of carbonyl (C=O) groups excluding carboxylic acids is 1. The number of nitrogens with zero attached hydrogens (tertiary/aromatic N) is 1. The highest BCUT2D eigenvalue weighted by Crippen LogP contribution is 2.18. The molecule has 2 nitrogen and oxygen atoms in total. The lowest BCUT2D eigenvalue weighted by Crippen LogP contribution is -2.14. The van der Waals surface area contributed by atoms with Gasteiger partial charge in [0.15, 0.2) is 17.5 Å². The number of benzene rings is 1. The third kappa shape index (κ3) is 1.80. The van der Waals surface area contributed by atoms with Crippen molar-refractivity contribution in [1.82, 2.24) is 0 Å². The van der Waals surface area contributed by atoms with Crippen LogP contribution in [0.15, 0.2) is 12.1 Å². The van der Waals surface area contributed by atoms with E-state index in [1.54, 1.807) is 0 Å². The van der Waals surface area contributed by atoms with E-state index in [1.807, 2.05) is 0 Å². The second kappa shape index (κ2) is 3.47. The molecule has 70 valence electrons. The van der Waals surface area contributed by atoms with Crippen LogP contribution in [0.3, 0.4) is 0 Å². The van der Waals surface area contributed by atoms with Gasteiger partial charge in [-0.05, 0) is 0 Å². The molecule has 0 fully saturated rings. The second-order valence-electron chi connectivity index (χ2n) is 2.44. The van der Waals surface area contributed by atoms with Crippen LogP contribution in [-0.4, -0.2) is 13.5 Å². The Balaban J connectivity index is 3.20. The van der Waals surface area contributed by atoms with Gasteiger partial charge in [0.05, 0.1) is 0 Å². The van der Waals surface area contributed by atoms with Gasteiger partial charge in [-0.15, -0.1) is 0 Å². The molecule has 5 heteroatoms. The van der Waals surface area contributed by atoms with Crippen LogP contribution < -0.4 is 4.90 Å². The largest absolute Gasteiger partial charge is 0.318 e. The fourth-order valence-electron chi connectivity index (χ4n) is 0.807. The summed E-state index contributed by atoms with van der Waals surface area (Å²) in [4.78, 5) is 11.1. The molecule has 0 radical (unpaired) electrons. The van der Waals surface area contributed by atoms with Gasteiger partial charge in [-0.1, -0.05) is 0 Å². The van der Waals surface area contributed by atoms with Crippen molar-refractivity contribution >= 4 is 12.1 Å². The maximum atomic E-state index is 12.6. The Kier molecular flexibility index (Phi) is 2.55. The van der Waals surface area contributed by atoms with Gasteiger partial charge in [-0.25, -0.2) is 13.2 Å². The summed E-state index contributed by atoms with van der Waals surface area (Å²) in [6.07, 6.45) is 0.367. The van der Waals surface area contributed by atoms with Gasteiger partial charge in [-0.3, -0.25) is 4.79 Å². The average molecular weight is 189 g/mol. The summed E-state index contributed by atoms with van der Waals surface area (Å²) >= 11 is 0. The average Bonchev–Trinajstić information content (AvgIpc) is 2.12. The monoisotopic (exact) mass is 189 g/mol. The Morgan fingerprint density at radius 3 is 2.08 bits per heavy atom. The van der Waals surface area contributed by atoms with Crippen LogP contribution in [0.25, 0.3) is 0 Å². The third-order valence-electron chi connectivity index (χ3n) is 1.53. The van der Waals surface area contributed by atoms with Gasteiger partial charge in [-0.2, -0.15) is 0 Å². The Morgan fingerprint density at radius 2 is 1.69 bits per heavy atom. The van der Waals surface area contributed by atoms with Crippen molar-refractivity contribution in [2.45, 2.75) is 0 Å². The van der Waals surface area contributed by atoms with Crippen molar-refractivity contribution in [1.29, 1.82) is 0 Å². The molecular formula is C8H6F3NO. The van der Waals surface area contributed by atoms with Gasteiger partial charge in [0, 0.05) is 24.9 Å². The normalized spacial score (nSPS) is 9.85. The molecule has 0 saturated heterocycles. The summed E-state index contributed by atoms with van der Waals surface area (Å²) in [6, 6.07) is 1.49. The van der Waals surface area contributed by atoms with E-state index >= 15 is 0 Å². The molecule has 1 amide bonds. The zero-order chi connectivity index (χ0) is 10.0. The van der Waals surface area contributed by atoms with Crippen LogP contribution >= 0.6 is 0 Å². The molecule has 0 saturated carbocycles. The van der Waals surface area contributed by atoms with E-state index in [0.29, 0.717) is 6.41 Å². The first-order chi connectivity index (χ1) is 6.06. The van der Waals surface area contributed by atoms with Crippen molar-refractivity contribution in [2.75, 3.05) is 11.9 Å². The summed E-state index contributed by atoms with van der Waals surface area (Å²) in [5, 5.41) is 0. The minimum Gasteiger partial charge on any atom is -0.318 e. The predicted octanol–water partition coefficient (Wildman–Crippen LogP) is 1.70. The smallest absolute Gasteiger partial charge is 0.213 e. The lowest BCUT2D eigenvalue weighted by molar-refractivity contribution is -0.107. The molecule has 0 aliphatic rings. The summed E-state index contributed by atoms with van der Waals surface area (Å²) < 4.78 is 37.6. The second-order valence-corrected chi connectivity index (χ2v) is 2.44. The number of anilines is 1. The van der Waals surface area contributed by atoms with E-state index in [4.69, 9.17) is 0 Å². The molecule has 0 aliphatic carbocycles. The van der Waals surface area contributed by atoms with Gasteiger partial charge in [0.2, 0.25) is 6.41 Å². The number of halogens is 3. The van der Waals surface area contributed by atoms with E-state index in [2.05, 4.69) is 0 Å². The van der Waals surface area contributed by atoms with Gasteiger partial charge in [0.25, 0.3) is 0 Å². The summed E-state index contributed by atoms with van der Waals surface area (Å²) in [5.41, 5.74) is -0.0357. The highest BCUT2D eigenvalue weighted by atomic mass is 19.2. The Morgan fingerprint density at radius 1 is 1.23 bits per heavy atom. The van der Waals surface area contributed by atoms with E-state index in [9.17, 15) is 18.0 Å². The lowest BCUT2D eigenvalue weighted by atomic mass is 10.2. The molecule has 0 aliphatic heterocycles. The van der Waals surface area contributed by atoms with Gasteiger partial charge >= 0.3 is 0 Å². The highest BCUT2D eigenvalue weighted by Gasteiger charge is 2.11. The van der Waals surface area contributed by atoms with E-state index in [-0.39, 0.29) is 5.69 Å². The third-order valence-corrected chi connectivity index (χ3v) is 1.53. The summed E-state index contributed by atoms with van der Waals surface area (Å²) in [5.74, 6) is -4.17. The number of hydrogen-bond acceptors (Lipinski definition) is 1. The number of amides is 1. The zero-order valence-corrected chi connectivity index (χ0v) is 6.72. The molecule has 0 spiro atoms.